The molecule has 0 aromatic heterocycles. The minimum Gasteiger partial charge on any atom is -0.507 e. The van der Waals surface area contributed by atoms with Crippen LogP contribution in [0.2, 0.25) is 0 Å². The molecule has 0 saturated carbocycles. The zero-order valence-electron chi connectivity index (χ0n) is 25.9. The molecule has 1 N–H and O–H groups in total. The minimum atomic E-state index is -0.807. The molecule has 8 heteroatoms. The van der Waals surface area contributed by atoms with Crippen molar-refractivity contribution in [2.45, 2.75) is 53.4 Å². The third-order valence-corrected chi connectivity index (χ3v) is 7.66. The first-order chi connectivity index (χ1) is 20.7. The number of ether oxygens (including phenoxy) is 3. The van der Waals surface area contributed by atoms with Crippen molar-refractivity contribution in [2.75, 3.05) is 33.3 Å². The Hall–Kier alpha value is -4.30. The molecule has 3 aromatic carbocycles. The molecule has 1 heterocycles. The number of likely N-dealkylation sites (tertiary alicyclic amines) is 1. The molecule has 3 aromatic rings. The van der Waals surface area contributed by atoms with Crippen molar-refractivity contribution in [3.05, 3.63) is 94.6 Å². The van der Waals surface area contributed by atoms with Crippen LogP contribution in [-0.2, 0) is 16.2 Å². The number of ketones is 1. The first-order valence-electron chi connectivity index (χ1n) is 14.8. The smallest absolute Gasteiger partial charge is 0.295 e. The third kappa shape index (κ3) is 7.20. The number of amides is 1. The second kappa shape index (κ2) is 14.2. The summed E-state index contributed by atoms with van der Waals surface area (Å²) < 4.78 is 17.5. The monoisotopic (exact) mass is 586 g/mol. The van der Waals surface area contributed by atoms with Crippen molar-refractivity contribution in [1.29, 1.82) is 0 Å². The number of aliphatic hydroxyl groups is 1. The summed E-state index contributed by atoms with van der Waals surface area (Å²) in [7, 11) is 1.55. The molecule has 1 aliphatic heterocycles. The van der Waals surface area contributed by atoms with Crippen molar-refractivity contribution in [1.82, 2.24) is 9.80 Å². The van der Waals surface area contributed by atoms with Crippen molar-refractivity contribution < 1.29 is 28.9 Å². The molecule has 1 fully saturated rings. The highest BCUT2D eigenvalue weighted by atomic mass is 16.5. The van der Waals surface area contributed by atoms with Gasteiger partial charge in [0.2, 0.25) is 0 Å². The first kappa shape index (κ1) is 31.6. The Morgan fingerprint density at radius 2 is 1.70 bits per heavy atom. The van der Waals surface area contributed by atoms with E-state index in [-0.39, 0.29) is 17.4 Å². The maximum absolute atomic E-state index is 13.6. The van der Waals surface area contributed by atoms with Gasteiger partial charge in [-0.25, -0.2) is 0 Å². The van der Waals surface area contributed by atoms with Crippen LogP contribution in [0.15, 0.2) is 72.3 Å². The summed E-state index contributed by atoms with van der Waals surface area (Å²) >= 11 is 0. The first-order valence-corrected chi connectivity index (χ1v) is 14.8. The number of nitrogens with zero attached hydrogens (tertiary/aromatic N) is 2. The van der Waals surface area contributed by atoms with Crippen LogP contribution in [0, 0.1) is 6.92 Å². The van der Waals surface area contributed by atoms with Gasteiger partial charge in [-0.3, -0.25) is 9.59 Å². The van der Waals surface area contributed by atoms with Crippen LogP contribution in [0.25, 0.3) is 5.76 Å². The number of aryl methyl sites for hydroxylation is 1. The van der Waals surface area contributed by atoms with Gasteiger partial charge in [0.05, 0.1) is 24.8 Å². The zero-order valence-corrected chi connectivity index (χ0v) is 25.9. The number of Topliss-reactive ketones (excluding diaryl/α,β-unsaturated/α-hetero) is 1. The van der Waals surface area contributed by atoms with E-state index in [0.29, 0.717) is 48.1 Å². The van der Waals surface area contributed by atoms with E-state index in [4.69, 9.17) is 14.2 Å². The molecular weight excluding hydrogens is 544 g/mol. The van der Waals surface area contributed by atoms with E-state index < -0.39 is 17.7 Å². The predicted octanol–water partition coefficient (Wildman–Crippen LogP) is 6.13. The normalized spacial score (nSPS) is 16.3. The van der Waals surface area contributed by atoms with Crippen LogP contribution in [-0.4, -0.2) is 66.0 Å². The predicted molar refractivity (Wildman–Crippen MR) is 168 cm³/mol. The number of benzene rings is 3. The number of hydrogen-bond donors (Lipinski definition) is 1. The number of likely N-dealkylation sites (N-methyl/N-ethyl adjacent to an activating group) is 1. The Labute approximate surface area is 254 Å². The van der Waals surface area contributed by atoms with Crippen molar-refractivity contribution in [3.8, 4) is 17.2 Å². The largest absolute Gasteiger partial charge is 0.507 e. The average molecular weight is 587 g/mol. The summed E-state index contributed by atoms with van der Waals surface area (Å²) in [6.45, 7) is 12.7. The lowest BCUT2D eigenvalue weighted by molar-refractivity contribution is -0.140. The van der Waals surface area contributed by atoms with Crippen LogP contribution in [0.5, 0.6) is 17.2 Å². The summed E-state index contributed by atoms with van der Waals surface area (Å²) in [5, 5.41) is 11.6. The Balaban J connectivity index is 1.77. The molecule has 1 aliphatic rings. The average Bonchev–Trinajstić information content (AvgIpc) is 3.25. The molecule has 43 heavy (non-hydrogen) atoms. The van der Waals surface area contributed by atoms with Gasteiger partial charge in [0.15, 0.2) is 11.5 Å². The molecule has 1 amide bonds. The van der Waals surface area contributed by atoms with Gasteiger partial charge in [0.25, 0.3) is 11.7 Å². The summed E-state index contributed by atoms with van der Waals surface area (Å²) in [4.78, 5) is 30.8. The Morgan fingerprint density at radius 3 is 2.33 bits per heavy atom. The van der Waals surface area contributed by atoms with Gasteiger partial charge in [0, 0.05) is 18.7 Å². The second-order valence-corrected chi connectivity index (χ2v) is 10.8. The Bertz CT molecular complexity index is 1460. The van der Waals surface area contributed by atoms with Crippen molar-refractivity contribution >= 4 is 17.4 Å². The number of hydrogen-bond acceptors (Lipinski definition) is 7. The molecule has 8 nitrogen and oxygen atoms in total. The van der Waals surface area contributed by atoms with E-state index in [9.17, 15) is 14.7 Å². The van der Waals surface area contributed by atoms with Crippen molar-refractivity contribution in [2.24, 2.45) is 0 Å². The highest BCUT2D eigenvalue weighted by molar-refractivity contribution is 6.46. The van der Waals surface area contributed by atoms with Gasteiger partial charge in [0.1, 0.15) is 18.1 Å². The molecule has 0 radical (unpaired) electrons. The molecule has 1 saturated heterocycles. The van der Waals surface area contributed by atoms with Crippen molar-refractivity contribution in [3.63, 3.8) is 0 Å². The quantitative estimate of drug-likeness (QED) is 0.146. The molecular formula is C35H42N2O6. The summed E-state index contributed by atoms with van der Waals surface area (Å²) in [5.41, 5.74) is 2.90. The molecule has 1 unspecified atom stereocenters. The van der Waals surface area contributed by atoms with Crippen LogP contribution in [0.3, 0.4) is 0 Å². The second-order valence-electron chi connectivity index (χ2n) is 10.8. The highest BCUT2D eigenvalue weighted by Crippen LogP contribution is 2.42. The Morgan fingerprint density at radius 1 is 0.977 bits per heavy atom. The number of carbonyl (C=O) groups is 2. The van der Waals surface area contributed by atoms with E-state index in [2.05, 4.69) is 18.7 Å². The molecule has 0 bridgehead atoms. The highest BCUT2D eigenvalue weighted by Gasteiger charge is 2.46. The van der Waals surface area contributed by atoms with Gasteiger partial charge >= 0.3 is 0 Å². The maximum Gasteiger partial charge on any atom is 0.295 e. The molecule has 1 atom stereocenters. The van der Waals surface area contributed by atoms with E-state index in [0.717, 1.165) is 24.2 Å². The molecule has 228 valence electrons. The van der Waals surface area contributed by atoms with E-state index in [1.54, 1.807) is 36.3 Å². The molecule has 0 spiro atoms. The minimum absolute atomic E-state index is 0.00963. The van der Waals surface area contributed by atoms with Crippen LogP contribution < -0.4 is 14.2 Å². The summed E-state index contributed by atoms with van der Waals surface area (Å²) in [6, 6.07) is 19.7. The fourth-order valence-corrected chi connectivity index (χ4v) is 5.35. The Kier molecular flexibility index (Phi) is 10.5. The summed E-state index contributed by atoms with van der Waals surface area (Å²) in [5.74, 6) is 0.0921. The van der Waals surface area contributed by atoms with E-state index in [1.807, 2.05) is 63.2 Å². The van der Waals surface area contributed by atoms with Gasteiger partial charge in [-0.2, -0.15) is 0 Å². The van der Waals surface area contributed by atoms with Crippen LogP contribution in [0.1, 0.15) is 56.0 Å². The summed E-state index contributed by atoms with van der Waals surface area (Å²) in [6.07, 6.45) is -0.00963. The number of methoxy groups -OCH3 is 1. The zero-order chi connectivity index (χ0) is 31.1. The van der Waals surface area contributed by atoms with Crippen LogP contribution >= 0.6 is 0 Å². The van der Waals surface area contributed by atoms with Gasteiger partial charge < -0.3 is 29.1 Å². The third-order valence-electron chi connectivity index (χ3n) is 7.66. The van der Waals surface area contributed by atoms with Gasteiger partial charge in [-0.15, -0.1) is 0 Å². The fourth-order valence-electron chi connectivity index (χ4n) is 5.35. The lowest BCUT2D eigenvalue weighted by Gasteiger charge is -2.28. The number of carbonyl (C=O) groups excluding carboxylic acids is 2. The van der Waals surface area contributed by atoms with Gasteiger partial charge in [-0.05, 0) is 80.9 Å². The standard InChI is InChI=1S/C35H42N2O6/c1-7-36(8-2)18-19-37-32(26-14-17-29(30(21-26)41-6)42-22-25-12-10-9-11-13-25)31(34(39)35(37)40)33(38)28-16-15-27(20-24(28)5)43-23(3)4/h9-17,20-21,23,32,38H,7-8,18-19,22H2,1-6H3. The fraction of sp³-hybridized carbons (Fsp3) is 0.371. The topological polar surface area (TPSA) is 88.5 Å². The lowest BCUT2D eigenvalue weighted by atomic mass is 9.93. The number of rotatable bonds is 13. The van der Waals surface area contributed by atoms with Crippen LogP contribution in [0.4, 0.5) is 0 Å². The lowest BCUT2D eigenvalue weighted by Crippen LogP contribution is -2.38. The maximum atomic E-state index is 13.6. The molecule has 4 rings (SSSR count). The van der Waals surface area contributed by atoms with E-state index >= 15 is 0 Å². The van der Waals surface area contributed by atoms with Gasteiger partial charge in [-0.1, -0.05) is 50.2 Å². The molecule has 0 aliphatic carbocycles. The number of aliphatic hydroxyl groups excluding tert-OH is 1. The van der Waals surface area contributed by atoms with E-state index in [1.165, 1.54) is 0 Å². The SMILES string of the molecule is CCN(CC)CCN1C(=O)C(=O)C(=C(O)c2ccc(OC(C)C)cc2C)C1c1ccc(OCc2ccccc2)c(OC)c1.